The average molecular weight is 571 g/mol. The van der Waals surface area contributed by atoms with Crippen molar-refractivity contribution in [3.05, 3.63) is 90.2 Å². The predicted molar refractivity (Wildman–Crippen MR) is 135 cm³/mol. The lowest BCUT2D eigenvalue weighted by Gasteiger charge is -2.25. The van der Waals surface area contributed by atoms with Gasteiger partial charge in [0, 0.05) is 22.2 Å². The molecule has 0 bridgehead atoms. The number of hydrogen-bond acceptors (Lipinski definition) is 4. The van der Waals surface area contributed by atoms with Gasteiger partial charge < -0.3 is 9.32 Å². The Kier molecular flexibility index (Phi) is 4.97. The molecule has 0 radical (unpaired) electrons. The van der Waals surface area contributed by atoms with Crippen LogP contribution in [0, 0.1) is 0 Å². The molecule has 1 saturated heterocycles. The van der Waals surface area contributed by atoms with E-state index in [-0.39, 0.29) is 16.8 Å². The molecular weight excluding hydrogens is 554 g/mol. The summed E-state index contributed by atoms with van der Waals surface area (Å²) in [5, 5.41) is 3.12. The fourth-order valence-corrected chi connectivity index (χ4v) is 7.51. The Morgan fingerprint density at radius 2 is 1.88 bits per heavy atom. The molecule has 0 spiro atoms. The highest BCUT2D eigenvalue weighted by atomic mass is 79.9. The summed E-state index contributed by atoms with van der Waals surface area (Å²) < 4.78 is 7.04. The van der Waals surface area contributed by atoms with Gasteiger partial charge in [0.2, 0.25) is 0 Å². The second-order valence-electron chi connectivity index (χ2n) is 8.13. The molecule has 2 heterocycles. The molecule has 1 aliphatic carbocycles. The largest absolute Gasteiger partial charge is 0.421 e. The van der Waals surface area contributed by atoms with Crippen LogP contribution < -0.4 is 5.63 Å². The van der Waals surface area contributed by atoms with Crippen molar-refractivity contribution in [1.29, 1.82) is 0 Å². The van der Waals surface area contributed by atoms with Crippen molar-refractivity contribution in [2.24, 2.45) is 0 Å². The van der Waals surface area contributed by atoms with Gasteiger partial charge in [0.05, 0.1) is 4.47 Å². The van der Waals surface area contributed by atoms with Gasteiger partial charge in [-0.2, -0.15) is 0 Å². The SMILES string of the molecule is O=C(c1cc2cc(Br)cc(Br)c2oc1=O)N1CCSC1c1ccc2c3c(cccc13)CC2. The van der Waals surface area contributed by atoms with Crippen LogP contribution in [-0.2, 0) is 12.8 Å². The first-order valence-electron chi connectivity index (χ1n) is 10.4. The van der Waals surface area contributed by atoms with Crippen LogP contribution in [0.4, 0.5) is 0 Å². The summed E-state index contributed by atoms with van der Waals surface area (Å²) in [7, 11) is 0. The molecule has 1 unspecified atom stereocenters. The Bertz CT molecular complexity index is 1490. The van der Waals surface area contributed by atoms with Gasteiger partial charge in [-0.05, 0) is 74.4 Å². The van der Waals surface area contributed by atoms with Gasteiger partial charge >= 0.3 is 5.63 Å². The number of thioether (sulfide) groups is 1. The maximum Gasteiger partial charge on any atom is 0.349 e. The quantitative estimate of drug-likeness (QED) is 0.260. The normalized spacial score (nSPS) is 17.6. The maximum atomic E-state index is 13.6. The molecule has 2 aliphatic rings. The molecule has 4 nitrogen and oxygen atoms in total. The Hall–Kier alpha value is -2.09. The third kappa shape index (κ3) is 3.17. The minimum absolute atomic E-state index is 0.0703. The summed E-state index contributed by atoms with van der Waals surface area (Å²) in [6.07, 6.45) is 2.14. The first-order valence-corrected chi connectivity index (χ1v) is 13.0. The van der Waals surface area contributed by atoms with Crippen LogP contribution in [-0.4, -0.2) is 23.1 Å². The molecule has 0 saturated carbocycles. The molecule has 3 aromatic carbocycles. The number of halogens is 2. The summed E-state index contributed by atoms with van der Waals surface area (Å²) >= 11 is 8.63. The highest BCUT2D eigenvalue weighted by molar-refractivity contribution is 9.11. The molecule has 160 valence electrons. The molecule has 1 amide bonds. The zero-order chi connectivity index (χ0) is 22.0. The van der Waals surface area contributed by atoms with Crippen LogP contribution in [0.3, 0.4) is 0 Å². The van der Waals surface area contributed by atoms with Crippen molar-refractivity contribution in [1.82, 2.24) is 4.90 Å². The number of fused-ring (bicyclic) bond motifs is 1. The van der Waals surface area contributed by atoms with E-state index in [0.717, 1.165) is 28.6 Å². The van der Waals surface area contributed by atoms with E-state index in [4.69, 9.17) is 4.42 Å². The average Bonchev–Trinajstić information content (AvgIpc) is 3.42. The second-order valence-corrected chi connectivity index (χ2v) is 11.1. The lowest BCUT2D eigenvalue weighted by molar-refractivity contribution is 0.0757. The Labute approximate surface area is 205 Å². The summed E-state index contributed by atoms with van der Waals surface area (Å²) in [6, 6.07) is 16.1. The maximum absolute atomic E-state index is 13.6. The van der Waals surface area contributed by atoms with E-state index in [1.54, 1.807) is 17.8 Å². The molecule has 0 N–H and O–H groups in total. The van der Waals surface area contributed by atoms with E-state index in [2.05, 4.69) is 62.2 Å². The lowest BCUT2D eigenvalue weighted by atomic mass is 9.99. The van der Waals surface area contributed by atoms with Crippen LogP contribution >= 0.6 is 43.6 Å². The van der Waals surface area contributed by atoms with Gasteiger partial charge in [0.25, 0.3) is 5.91 Å². The van der Waals surface area contributed by atoms with Crippen molar-refractivity contribution in [3.63, 3.8) is 0 Å². The number of carbonyl (C=O) groups excluding carboxylic acids is 1. The fourth-order valence-electron chi connectivity index (χ4n) is 4.88. The predicted octanol–water partition coefficient (Wildman–Crippen LogP) is 6.46. The van der Waals surface area contributed by atoms with E-state index < -0.39 is 5.63 Å². The smallest absolute Gasteiger partial charge is 0.349 e. The van der Waals surface area contributed by atoms with Crippen molar-refractivity contribution in [2.45, 2.75) is 18.2 Å². The van der Waals surface area contributed by atoms with Gasteiger partial charge in [0.15, 0.2) is 5.58 Å². The second kappa shape index (κ2) is 7.75. The zero-order valence-corrected chi connectivity index (χ0v) is 20.8. The van der Waals surface area contributed by atoms with E-state index in [9.17, 15) is 9.59 Å². The molecule has 1 aromatic heterocycles. The number of rotatable bonds is 2. The summed E-state index contributed by atoms with van der Waals surface area (Å²) in [6.45, 7) is 0.594. The number of carbonyl (C=O) groups is 1. The van der Waals surface area contributed by atoms with Crippen LogP contribution in [0.15, 0.2) is 66.7 Å². The Morgan fingerprint density at radius 3 is 2.72 bits per heavy atom. The standard InChI is InChI=1S/C25H17Br2NO3S/c26-16-10-15-11-19(25(30)31-22(15)20(27)12-16)23(29)28-8-9-32-24(28)18-7-6-14-5-4-13-2-1-3-17(18)21(13)14/h1-3,6-7,10-12,24H,4-5,8-9H2. The molecule has 1 aliphatic heterocycles. The first-order chi connectivity index (χ1) is 15.5. The molecular formula is C25H17Br2NO3S. The van der Waals surface area contributed by atoms with E-state index in [1.165, 1.54) is 21.9 Å². The highest BCUT2D eigenvalue weighted by Gasteiger charge is 2.34. The fraction of sp³-hybridized carbons (Fsp3) is 0.200. The number of amides is 1. The number of aryl methyl sites for hydroxylation is 2. The monoisotopic (exact) mass is 569 g/mol. The van der Waals surface area contributed by atoms with Crippen LogP contribution in [0.1, 0.15) is 32.4 Å². The van der Waals surface area contributed by atoms with Gasteiger partial charge in [-0.1, -0.05) is 46.3 Å². The van der Waals surface area contributed by atoms with E-state index >= 15 is 0 Å². The van der Waals surface area contributed by atoms with Crippen molar-refractivity contribution < 1.29 is 9.21 Å². The molecule has 1 fully saturated rings. The van der Waals surface area contributed by atoms with E-state index in [1.807, 2.05) is 17.0 Å². The number of nitrogens with zero attached hydrogens (tertiary/aromatic N) is 1. The topological polar surface area (TPSA) is 50.5 Å². The van der Waals surface area contributed by atoms with Gasteiger partial charge in [0.1, 0.15) is 10.9 Å². The van der Waals surface area contributed by atoms with Gasteiger partial charge in [-0.25, -0.2) is 4.79 Å². The molecule has 1 atom stereocenters. The van der Waals surface area contributed by atoms with Crippen LogP contribution in [0.5, 0.6) is 0 Å². The van der Waals surface area contributed by atoms with Crippen molar-refractivity contribution in [3.8, 4) is 0 Å². The minimum atomic E-state index is -0.610. The third-order valence-electron chi connectivity index (χ3n) is 6.31. The van der Waals surface area contributed by atoms with Gasteiger partial charge in [-0.15, -0.1) is 11.8 Å². The summed E-state index contributed by atoms with van der Waals surface area (Å²) in [5.41, 5.74) is 3.80. The van der Waals surface area contributed by atoms with Crippen molar-refractivity contribution >= 4 is 71.3 Å². The molecule has 7 heteroatoms. The number of hydrogen-bond donors (Lipinski definition) is 0. The van der Waals surface area contributed by atoms with Crippen LogP contribution in [0.2, 0.25) is 0 Å². The highest BCUT2D eigenvalue weighted by Crippen LogP contribution is 2.44. The first kappa shape index (κ1) is 20.5. The zero-order valence-electron chi connectivity index (χ0n) is 16.9. The van der Waals surface area contributed by atoms with E-state index in [0.29, 0.717) is 22.0 Å². The minimum Gasteiger partial charge on any atom is -0.421 e. The number of benzene rings is 3. The molecule has 6 rings (SSSR count). The van der Waals surface area contributed by atoms with Gasteiger partial charge in [-0.3, -0.25) is 4.79 Å². The Morgan fingerprint density at radius 1 is 1.06 bits per heavy atom. The summed E-state index contributed by atoms with van der Waals surface area (Å²) in [5.74, 6) is 0.546. The molecule has 4 aromatic rings. The summed E-state index contributed by atoms with van der Waals surface area (Å²) in [4.78, 5) is 28.2. The molecule has 32 heavy (non-hydrogen) atoms. The van der Waals surface area contributed by atoms with Crippen LogP contribution in [0.25, 0.3) is 21.7 Å². The lowest BCUT2D eigenvalue weighted by Crippen LogP contribution is -2.33. The Balaban J connectivity index is 1.45. The van der Waals surface area contributed by atoms with Crippen molar-refractivity contribution in [2.75, 3.05) is 12.3 Å². The third-order valence-corrected chi connectivity index (χ3v) is 8.60.